The summed E-state index contributed by atoms with van der Waals surface area (Å²) in [7, 11) is 5.24. The molecule has 0 aromatic heterocycles. The molecule has 0 amide bonds. The van der Waals surface area contributed by atoms with Gasteiger partial charge in [0.1, 0.15) is 0 Å². The maximum Gasteiger partial charge on any atom is 0.337 e. The monoisotopic (exact) mass is 209 g/mol. The molecule has 0 saturated heterocycles. The summed E-state index contributed by atoms with van der Waals surface area (Å²) in [5.74, 6) is -0.946. The van der Waals surface area contributed by atoms with Gasteiger partial charge in [-0.15, -0.1) is 0 Å². The van der Waals surface area contributed by atoms with E-state index in [1.54, 1.807) is 33.3 Å². The SMILES string of the molecule is CNc1ccc(C(=O)O)c(NC)c1NC. The van der Waals surface area contributed by atoms with Crippen molar-refractivity contribution in [2.24, 2.45) is 0 Å². The van der Waals surface area contributed by atoms with Crippen LogP contribution >= 0.6 is 0 Å². The first kappa shape index (κ1) is 11.2. The lowest BCUT2D eigenvalue weighted by molar-refractivity contribution is 0.0698. The molecule has 0 fully saturated rings. The predicted octanol–water partition coefficient (Wildman–Crippen LogP) is 1.51. The first-order valence-corrected chi connectivity index (χ1v) is 4.59. The van der Waals surface area contributed by atoms with Crippen LogP contribution in [0, 0.1) is 0 Å². The number of benzene rings is 1. The van der Waals surface area contributed by atoms with Gasteiger partial charge in [-0.3, -0.25) is 0 Å². The summed E-state index contributed by atoms with van der Waals surface area (Å²) in [6.45, 7) is 0. The number of hydrogen-bond donors (Lipinski definition) is 4. The highest BCUT2D eigenvalue weighted by atomic mass is 16.4. The molecule has 82 valence electrons. The largest absolute Gasteiger partial charge is 0.478 e. The molecule has 4 N–H and O–H groups in total. The standard InChI is InChI=1S/C10H15N3O2/c1-11-7-5-4-6(10(14)15)8(12-2)9(7)13-3/h4-5,11-13H,1-3H3,(H,14,15). The molecule has 0 bridgehead atoms. The topological polar surface area (TPSA) is 73.4 Å². The third kappa shape index (κ3) is 1.96. The molecule has 0 aliphatic rings. The minimum atomic E-state index is -0.946. The van der Waals surface area contributed by atoms with Crippen LogP contribution in [0.1, 0.15) is 10.4 Å². The van der Waals surface area contributed by atoms with Gasteiger partial charge in [-0.25, -0.2) is 4.79 Å². The second-order valence-corrected chi connectivity index (χ2v) is 2.97. The van der Waals surface area contributed by atoms with E-state index in [0.29, 0.717) is 5.69 Å². The Labute approximate surface area is 88.5 Å². The van der Waals surface area contributed by atoms with Gasteiger partial charge in [0, 0.05) is 21.1 Å². The lowest BCUT2D eigenvalue weighted by Gasteiger charge is -2.16. The molecule has 5 nitrogen and oxygen atoms in total. The molecule has 1 rings (SSSR count). The minimum absolute atomic E-state index is 0.251. The highest BCUT2D eigenvalue weighted by Gasteiger charge is 2.15. The second kappa shape index (κ2) is 4.54. The molecule has 0 aliphatic carbocycles. The third-order valence-electron chi connectivity index (χ3n) is 2.21. The molecule has 0 radical (unpaired) electrons. The van der Waals surface area contributed by atoms with Crippen LogP contribution in [0.3, 0.4) is 0 Å². The van der Waals surface area contributed by atoms with Crippen molar-refractivity contribution < 1.29 is 9.90 Å². The lowest BCUT2D eigenvalue weighted by atomic mass is 10.1. The Kier molecular flexibility index (Phi) is 3.38. The molecule has 1 aromatic carbocycles. The Morgan fingerprint density at radius 2 is 1.67 bits per heavy atom. The van der Waals surface area contributed by atoms with E-state index in [-0.39, 0.29) is 5.56 Å². The van der Waals surface area contributed by atoms with Crippen molar-refractivity contribution in [3.8, 4) is 0 Å². The first-order valence-electron chi connectivity index (χ1n) is 4.59. The molecule has 0 atom stereocenters. The van der Waals surface area contributed by atoms with E-state index in [1.165, 1.54) is 0 Å². The van der Waals surface area contributed by atoms with Crippen LogP contribution in [-0.2, 0) is 0 Å². The van der Waals surface area contributed by atoms with Gasteiger partial charge in [-0.05, 0) is 12.1 Å². The van der Waals surface area contributed by atoms with Gasteiger partial charge < -0.3 is 21.1 Å². The summed E-state index contributed by atoms with van der Waals surface area (Å²) >= 11 is 0. The number of carboxylic acids is 1. The van der Waals surface area contributed by atoms with Crippen molar-refractivity contribution in [2.45, 2.75) is 0 Å². The zero-order chi connectivity index (χ0) is 11.4. The van der Waals surface area contributed by atoms with Crippen molar-refractivity contribution in [1.82, 2.24) is 0 Å². The van der Waals surface area contributed by atoms with E-state index >= 15 is 0 Å². The number of hydrogen-bond acceptors (Lipinski definition) is 4. The predicted molar refractivity (Wildman–Crippen MR) is 62.0 cm³/mol. The highest BCUT2D eigenvalue weighted by Crippen LogP contribution is 2.33. The molecule has 15 heavy (non-hydrogen) atoms. The van der Waals surface area contributed by atoms with Crippen LogP contribution in [-0.4, -0.2) is 32.2 Å². The number of anilines is 3. The molecule has 0 spiro atoms. The second-order valence-electron chi connectivity index (χ2n) is 2.97. The summed E-state index contributed by atoms with van der Waals surface area (Å²) in [6, 6.07) is 3.30. The van der Waals surface area contributed by atoms with E-state index in [0.717, 1.165) is 11.4 Å². The van der Waals surface area contributed by atoms with E-state index < -0.39 is 5.97 Å². The summed E-state index contributed by atoms with van der Waals surface area (Å²) in [6.07, 6.45) is 0. The van der Waals surface area contributed by atoms with Crippen LogP contribution in [0.2, 0.25) is 0 Å². The zero-order valence-electron chi connectivity index (χ0n) is 9.01. The summed E-state index contributed by atoms with van der Waals surface area (Å²) in [5, 5.41) is 17.8. The highest BCUT2D eigenvalue weighted by molar-refractivity contribution is 6.01. The van der Waals surface area contributed by atoms with Crippen LogP contribution < -0.4 is 16.0 Å². The van der Waals surface area contributed by atoms with Crippen molar-refractivity contribution >= 4 is 23.0 Å². The molecule has 0 heterocycles. The quantitative estimate of drug-likeness (QED) is 0.605. The Hall–Kier alpha value is -1.91. The summed E-state index contributed by atoms with van der Waals surface area (Å²) in [4.78, 5) is 11.0. The van der Waals surface area contributed by atoms with E-state index in [9.17, 15) is 4.79 Å². The molecule has 0 saturated carbocycles. The third-order valence-corrected chi connectivity index (χ3v) is 2.21. The maximum absolute atomic E-state index is 11.0. The summed E-state index contributed by atoms with van der Waals surface area (Å²) in [5.41, 5.74) is 2.43. The molecular formula is C10H15N3O2. The van der Waals surface area contributed by atoms with E-state index in [2.05, 4.69) is 16.0 Å². The van der Waals surface area contributed by atoms with Gasteiger partial charge >= 0.3 is 5.97 Å². The molecule has 0 aliphatic heterocycles. The van der Waals surface area contributed by atoms with Gasteiger partial charge in [0.2, 0.25) is 0 Å². The van der Waals surface area contributed by atoms with Crippen LogP contribution in [0.15, 0.2) is 12.1 Å². The number of aromatic carboxylic acids is 1. The van der Waals surface area contributed by atoms with Crippen LogP contribution in [0.25, 0.3) is 0 Å². The van der Waals surface area contributed by atoms with Crippen molar-refractivity contribution in [2.75, 3.05) is 37.1 Å². The normalized spacial score (nSPS) is 9.53. The van der Waals surface area contributed by atoms with Gasteiger partial charge in [0.15, 0.2) is 0 Å². The smallest absolute Gasteiger partial charge is 0.337 e. The molecular weight excluding hydrogens is 194 g/mol. The Balaban J connectivity index is 3.40. The minimum Gasteiger partial charge on any atom is -0.478 e. The van der Waals surface area contributed by atoms with Gasteiger partial charge in [0.25, 0.3) is 0 Å². The average Bonchev–Trinajstić information content (AvgIpc) is 2.26. The van der Waals surface area contributed by atoms with Crippen molar-refractivity contribution in [3.05, 3.63) is 17.7 Å². The Morgan fingerprint density at radius 1 is 1.07 bits per heavy atom. The Bertz CT molecular complexity index is 377. The zero-order valence-corrected chi connectivity index (χ0v) is 9.01. The fraction of sp³-hybridized carbons (Fsp3) is 0.300. The number of rotatable bonds is 4. The van der Waals surface area contributed by atoms with Crippen LogP contribution in [0.4, 0.5) is 17.1 Å². The average molecular weight is 209 g/mol. The van der Waals surface area contributed by atoms with Gasteiger partial charge in [-0.2, -0.15) is 0 Å². The summed E-state index contributed by atoms with van der Waals surface area (Å²) < 4.78 is 0. The maximum atomic E-state index is 11.0. The van der Waals surface area contributed by atoms with Crippen molar-refractivity contribution in [1.29, 1.82) is 0 Å². The van der Waals surface area contributed by atoms with Gasteiger partial charge in [0.05, 0.1) is 22.6 Å². The number of carbonyl (C=O) groups is 1. The van der Waals surface area contributed by atoms with E-state index in [4.69, 9.17) is 5.11 Å². The molecule has 0 unspecified atom stereocenters. The molecule has 1 aromatic rings. The Morgan fingerprint density at radius 3 is 2.07 bits per heavy atom. The number of carboxylic acid groups (broad SMARTS) is 1. The van der Waals surface area contributed by atoms with Crippen LogP contribution in [0.5, 0.6) is 0 Å². The molecule has 5 heteroatoms. The van der Waals surface area contributed by atoms with E-state index in [1.807, 2.05) is 0 Å². The fourth-order valence-corrected chi connectivity index (χ4v) is 1.51. The lowest BCUT2D eigenvalue weighted by Crippen LogP contribution is -2.08. The number of nitrogens with one attached hydrogen (secondary N) is 3. The van der Waals surface area contributed by atoms with Gasteiger partial charge in [-0.1, -0.05) is 0 Å². The fourth-order valence-electron chi connectivity index (χ4n) is 1.51. The first-order chi connectivity index (χ1) is 7.15. The van der Waals surface area contributed by atoms with Crippen molar-refractivity contribution in [3.63, 3.8) is 0 Å².